The van der Waals surface area contributed by atoms with Crippen LogP contribution in [0.1, 0.15) is 132 Å². The second-order valence-corrected chi connectivity index (χ2v) is 20.3. The summed E-state index contributed by atoms with van der Waals surface area (Å²) in [6, 6.07) is -0.945. The van der Waals surface area contributed by atoms with Crippen LogP contribution in [0.4, 0.5) is 8.78 Å². The number of halogens is 2. The number of esters is 1. The molecule has 4 aliphatic rings. The Morgan fingerprint density at radius 3 is 2.21 bits per heavy atom. The van der Waals surface area contributed by atoms with Gasteiger partial charge in [-0.1, -0.05) is 71.1 Å². The van der Waals surface area contributed by atoms with E-state index in [1.54, 1.807) is 27.0 Å². The van der Waals surface area contributed by atoms with Crippen LogP contribution in [-0.4, -0.2) is 130 Å². The molecule has 3 fully saturated rings. The topological polar surface area (TPSA) is 156 Å². The maximum Gasteiger partial charge on any atom is 0.345 e. The number of ether oxygens (including phenoxy) is 7. The summed E-state index contributed by atoms with van der Waals surface area (Å²) in [7, 11) is 6.09. The molecular formula is C53H83F2NO12. The molecule has 1 saturated carbocycles. The Morgan fingerprint density at radius 1 is 0.824 bits per heavy atom. The Bertz CT molecular complexity index is 1770. The Labute approximate surface area is 404 Å². The largest absolute Gasteiger partial charge is 0.460 e. The molecule has 15 atom stereocenters. The molecule has 68 heavy (non-hydrogen) atoms. The van der Waals surface area contributed by atoms with Gasteiger partial charge < -0.3 is 43.2 Å². The number of piperidine rings is 1. The van der Waals surface area contributed by atoms with Gasteiger partial charge in [0.25, 0.3) is 0 Å². The molecule has 386 valence electrons. The fourth-order valence-electron chi connectivity index (χ4n) is 10.8. The molecule has 2 bridgehead atoms. The molecule has 4 rings (SSSR count). The van der Waals surface area contributed by atoms with Crippen molar-refractivity contribution in [2.24, 2.45) is 35.5 Å². The van der Waals surface area contributed by atoms with Crippen LogP contribution in [0.5, 0.6) is 0 Å². The Hall–Kier alpha value is -3.18. The summed E-state index contributed by atoms with van der Waals surface area (Å²) in [6.45, 7) is 10.6. The molecule has 0 unspecified atom stereocenters. The van der Waals surface area contributed by atoms with E-state index in [-0.39, 0.29) is 66.6 Å². The van der Waals surface area contributed by atoms with E-state index in [0.717, 1.165) is 5.57 Å². The molecule has 15 heteroatoms. The van der Waals surface area contributed by atoms with Crippen molar-refractivity contribution in [2.75, 3.05) is 35.0 Å². The van der Waals surface area contributed by atoms with Gasteiger partial charge in [0.2, 0.25) is 5.91 Å². The molecule has 1 N–H and O–H groups in total. The number of hydrogen-bond donors (Lipinski definition) is 1. The number of hydrogen-bond acceptors (Lipinski definition) is 12. The number of nitrogens with zero attached hydrogens (tertiary/aromatic N) is 1. The fourth-order valence-corrected chi connectivity index (χ4v) is 10.8. The molecule has 13 nitrogen and oxygen atoms in total. The van der Waals surface area contributed by atoms with Crippen LogP contribution in [-0.2, 0) is 52.3 Å². The minimum absolute atomic E-state index is 0.00794. The highest BCUT2D eigenvalue weighted by Crippen LogP contribution is 2.39. The minimum Gasteiger partial charge on any atom is -0.460 e. The summed E-state index contributed by atoms with van der Waals surface area (Å²) >= 11 is 0. The van der Waals surface area contributed by atoms with E-state index in [1.807, 2.05) is 58.1 Å². The Balaban J connectivity index is 1.69. The van der Waals surface area contributed by atoms with Gasteiger partial charge in [-0.3, -0.25) is 14.4 Å². The summed E-state index contributed by atoms with van der Waals surface area (Å²) in [5.74, 6) is -4.83. The van der Waals surface area contributed by atoms with Crippen LogP contribution < -0.4 is 0 Å². The quantitative estimate of drug-likeness (QED) is 0.173. The van der Waals surface area contributed by atoms with Crippen LogP contribution in [0.15, 0.2) is 47.6 Å². The van der Waals surface area contributed by atoms with Gasteiger partial charge in [0.15, 0.2) is 11.6 Å². The summed E-state index contributed by atoms with van der Waals surface area (Å²) < 4.78 is 67.2. The van der Waals surface area contributed by atoms with E-state index in [4.69, 9.17) is 33.2 Å². The average molecular weight is 964 g/mol. The highest BCUT2D eigenvalue weighted by atomic mass is 19.3. The number of fused-ring (bicyclic) bond motifs is 3. The zero-order chi connectivity index (χ0) is 50.3. The first-order valence-electron chi connectivity index (χ1n) is 25.0. The molecule has 0 aromatic rings. The van der Waals surface area contributed by atoms with Crippen LogP contribution in [0.2, 0.25) is 0 Å². The number of allylic oxidation sites excluding steroid dienone is 6. The lowest BCUT2D eigenvalue weighted by molar-refractivity contribution is -0.284. The maximum absolute atomic E-state index is 14.5. The van der Waals surface area contributed by atoms with E-state index in [2.05, 4.69) is 6.92 Å². The SMILES string of the molecule is CO[C@H]1C[C@@H]2CC[C@@H](C)[C@](O)(CC(=O)N3CCCC[C@H]3C(=O)O[C@H]([C@H](C)C[C@@H]3CC[C@@H](OC(F)F)[C@H](OC)C3)CC(=O)[C@H](C)/C=C(\C)[C@@H](OC)[C@@H](OC)C(=O)[C@H](C)C[C@H](C)/C=C/C=C/C=C/1C)O2. The third-order valence-electron chi connectivity index (χ3n) is 15.0. The highest BCUT2D eigenvalue weighted by Gasteiger charge is 2.47. The van der Waals surface area contributed by atoms with Crippen molar-refractivity contribution in [3.8, 4) is 0 Å². The van der Waals surface area contributed by atoms with E-state index in [9.17, 15) is 33.1 Å². The summed E-state index contributed by atoms with van der Waals surface area (Å²) in [5, 5.41) is 12.1. The van der Waals surface area contributed by atoms with Gasteiger partial charge in [0, 0.05) is 65.6 Å². The first-order chi connectivity index (χ1) is 32.2. The molecule has 1 aliphatic carbocycles. The Kier molecular flexibility index (Phi) is 23.2. The number of Topliss-reactive ketones (excluding diaryl/α,β-unsaturated/α-hetero) is 2. The normalized spacial score (nSPS) is 39.2. The zero-order valence-electron chi connectivity index (χ0n) is 42.7. The monoisotopic (exact) mass is 964 g/mol. The average Bonchev–Trinajstić information content (AvgIpc) is 3.30. The predicted octanol–water partition coefficient (Wildman–Crippen LogP) is 8.90. The van der Waals surface area contributed by atoms with Crippen molar-refractivity contribution in [3.05, 3.63) is 47.6 Å². The van der Waals surface area contributed by atoms with E-state index < -0.39 is 72.9 Å². The molecule has 2 saturated heterocycles. The number of ketones is 2. The van der Waals surface area contributed by atoms with Crippen molar-refractivity contribution in [3.63, 3.8) is 0 Å². The van der Waals surface area contributed by atoms with E-state index in [0.29, 0.717) is 76.2 Å². The number of carbonyl (C=O) groups is 4. The minimum atomic E-state index is -2.92. The lowest BCUT2D eigenvalue weighted by atomic mass is 9.78. The molecule has 0 radical (unpaired) electrons. The van der Waals surface area contributed by atoms with Crippen LogP contribution in [0.25, 0.3) is 0 Å². The summed E-state index contributed by atoms with van der Waals surface area (Å²) in [5.41, 5.74) is 1.60. The van der Waals surface area contributed by atoms with Gasteiger partial charge in [0.05, 0.1) is 30.8 Å². The van der Waals surface area contributed by atoms with Gasteiger partial charge in [-0.2, -0.15) is 8.78 Å². The van der Waals surface area contributed by atoms with Crippen LogP contribution in [0.3, 0.4) is 0 Å². The predicted molar refractivity (Wildman–Crippen MR) is 254 cm³/mol. The van der Waals surface area contributed by atoms with Gasteiger partial charge >= 0.3 is 12.6 Å². The van der Waals surface area contributed by atoms with Crippen molar-refractivity contribution in [1.82, 2.24) is 4.90 Å². The lowest BCUT2D eigenvalue weighted by Crippen LogP contribution is -2.55. The number of cyclic esters (lactones) is 1. The van der Waals surface area contributed by atoms with Gasteiger partial charge in [0.1, 0.15) is 30.1 Å². The van der Waals surface area contributed by atoms with Crippen LogP contribution >= 0.6 is 0 Å². The number of aliphatic hydroxyl groups is 1. The first-order valence-corrected chi connectivity index (χ1v) is 25.0. The molecule has 3 aliphatic heterocycles. The van der Waals surface area contributed by atoms with Crippen molar-refractivity contribution in [1.29, 1.82) is 0 Å². The van der Waals surface area contributed by atoms with Gasteiger partial charge in [-0.15, -0.1) is 0 Å². The Morgan fingerprint density at radius 2 is 1.54 bits per heavy atom. The molecule has 3 heterocycles. The molecular weight excluding hydrogens is 881 g/mol. The number of carbonyl (C=O) groups excluding carboxylic acids is 4. The molecule has 0 aromatic heterocycles. The van der Waals surface area contributed by atoms with Crippen molar-refractivity contribution < 1.29 is 66.2 Å². The zero-order valence-corrected chi connectivity index (χ0v) is 42.7. The van der Waals surface area contributed by atoms with Crippen molar-refractivity contribution in [2.45, 2.75) is 193 Å². The lowest BCUT2D eigenvalue weighted by Gasteiger charge is -2.44. The molecule has 0 spiro atoms. The maximum atomic E-state index is 14.5. The van der Waals surface area contributed by atoms with E-state index in [1.165, 1.54) is 26.2 Å². The summed E-state index contributed by atoms with van der Waals surface area (Å²) in [6.07, 6.45) is 12.4. The van der Waals surface area contributed by atoms with Crippen LogP contribution in [0, 0.1) is 35.5 Å². The second kappa shape index (κ2) is 27.4. The molecule has 0 aromatic carbocycles. The van der Waals surface area contributed by atoms with Crippen molar-refractivity contribution >= 4 is 23.4 Å². The van der Waals surface area contributed by atoms with Gasteiger partial charge in [-0.25, -0.2) is 4.79 Å². The van der Waals surface area contributed by atoms with E-state index >= 15 is 0 Å². The molecule has 1 amide bonds. The first kappa shape index (κ1) is 57.4. The number of alkyl halides is 2. The van der Waals surface area contributed by atoms with Gasteiger partial charge in [-0.05, 0) is 107 Å². The number of amides is 1. The number of methoxy groups -OCH3 is 4. The summed E-state index contributed by atoms with van der Waals surface area (Å²) in [4.78, 5) is 58.5. The third-order valence-corrected chi connectivity index (χ3v) is 15.0. The fraction of sp³-hybridized carbons (Fsp3) is 0.774. The standard InChI is InChI=1S/C53H83F2NO12/c1-32-17-13-12-14-18-33(2)44(62-8)29-40-22-20-38(7)53(61,68-40)31-47(58)56-24-16-15-19-41(56)51(60)66-45(35(4)27-39-21-23-43(67-52(54)55)46(28-39)63-9)30-42(57)34(3)26-37(6)49(64-10)50(65-11)48(59)36(5)25-32/h12-14,17-18,26,32,34-36,38-41,43-46,49-50,52,61H,15-16,19-25,27-31H2,1-11H3/b14-12+,17-13+,33-18+,37-26+/t32-,34-,35-,36-,38-,39+,40+,41+,43-,44+,45+,46-,49-,50+,53+/m1/s1. The third kappa shape index (κ3) is 16.2. The number of rotatable bonds is 9. The second-order valence-electron chi connectivity index (χ2n) is 20.3. The highest BCUT2D eigenvalue weighted by molar-refractivity contribution is 5.87. The smallest absolute Gasteiger partial charge is 0.345 e.